The van der Waals surface area contributed by atoms with Crippen LogP contribution in [-0.4, -0.2) is 28.8 Å². The Morgan fingerprint density at radius 3 is 2.81 bits per heavy atom. The summed E-state index contributed by atoms with van der Waals surface area (Å²) in [4.78, 5) is 26.2. The normalized spacial score (nSPS) is 15.3. The van der Waals surface area contributed by atoms with Crippen LogP contribution in [0.1, 0.15) is 12.7 Å². The van der Waals surface area contributed by atoms with Gasteiger partial charge in [0.2, 0.25) is 0 Å². The molecule has 2 heterocycles. The number of hydrogen-bond acceptors (Lipinski definition) is 7. The van der Waals surface area contributed by atoms with Gasteiger partial charge in [0.1, 0.15) is 22.8 Å². The molecule has 0 aliphatic carbocycles. The Morgan fingerprint density at radius 1 is 1.35 bits per heavy atom. The van der Waals surface area contributed by atoms with Crippen molar-refractivity contribution in [3.05, 3.63) is 69.3 Å². The van der Waals surface area contributed by atoms with Crippen LogP contribution >= 0.6 is 0 Å². The van der Waals surface area contributed by atoms with Crippen molar-refractivity contribution >= 4 is 23.4 Å². The second-order valence-corrected chi connectivity index (χ2v) is 5.45. The highest BCUT2D eigenvalue weighted by molar-refractivity contribution is 6.21. The van der Waals surface area contributed by atoms with E-state index in [1.54, 1.807) is 31.2 Å². The highest BCUT2D eigenvalue weighted by Crippen LogP contribution is 2.29. The van der Waals surface area contributed by atoms with Crippen LogP contribution in [0.4, 0.5) is 5.69 Å². The second-order valence-electron chi connectivity index (χ2n) is 5.45. The van der Waals surface area contributed by atoms with Gasteiger partial charge in [-0.3, -0.25) is 10.1 Å². The molecule has 2 aromatic rings. The van der Waals surface area contributed by atoms with E-state index in [0.29, 0.717) is 22.8 Å². The Balaban J connectivity index is 1.93. The third-order valence-corrected chi connectivity index (χ3v) is 3.77. The van der Waals surface area contributed by atoms with Gasteiger partial charge in [-0.2, -0.15) is 0 Å². The van der Waals surface area contributed by atoms with E-state index in [4.69, 9.17) is 4.42 Å². The zero-order chi connectivity index (χ0) is 18.8. The second kappa shape index (κ2) is 6.67. The Bertz CT molecular complexity index is 997. The molecule has 0 saturated carbocycles. The van der Waals surface area contributed by atoms with Crippen molar-refractivity contribution in [1.82, 2.24) is 0 Å². The fourth-order valence-electron chi connectivity index (χ4n) is 2.53. The van der Waals surface area contributed by atoms with E-state index in [9.17, 15) is 20.0 Å². The number of aliphatic hydroxyl groups excluding tert-OH is 1. The smallest absolute Gasteiger partial charge is 0.343 e. The monoisotopic (exact) mass is 354 g/mol. The number of hydrogen-bond donors (Lipinski definition) is 1. The van der Waals surface area contributed by atoms with Crippen LogP contribution in [-0.2, 0) is 9.53 Å². The SMILES string of the molecule is COC(=O)C1=C(O)C(=Cc2ccc(-c3cccc([N+](=O)[O-])c3)o2)N=C1C. The summed E-state index contributed by atoms with van der Waals surface area (Å²) in [6.07, 6.45) is 1.47. The molecule has 0 fully saturated rings. The summed E-state index contributed by atoms with van der Waals surface area (Å²) in [5.74, 6) is -0.168. The molecule has 1 N–H and O–H groups in total. The van der Waals surface area contributed by atoms with E-state index in [1.807, 2.05) is 0 Å². The minimum absolute atomic E-state index is 0.00390. The first kappa shape index (κ1) is 17.2. The number of carbonyl (C=O) groups excluding carboxylic acids is 1. The molecule has 0 amide bonds. The minimum atomic E-state index is -0.677. The number of nitro groups is 1. The van der Waals surface area contributed by atoms with E-state index in [0.717, 1.165) is 0 Å². The predicted molar refractivity (Wildman–Crippen MR) is 93.6 cm³/mol. The first-order chi connectivity index (χ1) is 12.4. The van der Waals surface area contributed by atoms with Crippen molar-refractivity contribution in [1.29, 1.82) is 0 Å². The Kier molecular flexibility index (Phi) is 4.40. The van der Waals surface area contributed by atoms with Crippen LogP contribution in [0.3, 0.4) is 0 Å². The lowest BCUT2D eigenvalue weighted by Crippen LogP contribution is -2.11. The Hall–Kier alpha value is -3.68. The Labute approximate surface area is 147 Å². The molecule has 0 unspecified atom stereocenters. The first-order valence-corrected chi connectivity index (χ1v) is 7.54. The molecule has 26 heavy (non-hydrogen) atoms. The van der Waals surface area contributed by atoms with Crippen LogP contribution in [0.5, 0.6) is 0 Å². The lowest BCUT2D eigenvalue weighted by Gasteiger charge is -2.00. The molecule has 0 saturated heterocycles. The maximum absolute atomic E-state index is 11.7. The summed E-state index contributed by atoms with van der Waals surface area (Å²) in [6.45, 7) is 1.58. The molecule has 1 aromatic heterocycles. The number of aliphatic imine (C=N–C) groups is 1. The molecular weight excluding hydrogens is 340 g/mol. The molecule has 1 aliphatic heterocycles. The van der Waals surface area contributed by atoms with E-state index in [-0.39, 0.29) is 22.7 Å². The van der Waals surface area contributed by atoms with E-state index in [2.05, 4.69) is 9.73 Å². The number of esters is 1. The Morgan fingerprint density at radius 2 is 2.12 bits per heavy atom. The maximum Gasteiger partial charge on any atom is 0.343 e. The number of nitro benzene ring substituents is 1. The minimum Gasteiger partial charge on any atom is -0.505 e. The van der Waals surface area contributed by atoms with Crippen molar-refractivity contribution in [2.45, 2.75) is 6.92 Å². The van der Waals surface area contributed by atoms with Crippen molar-refractivity contribution in [2.24, 2.45) is 4.99 Å². The van der Waals surface area contributed by atoms with Gasteiger partial charge in [0.15, 0.2) is 5.76 Å². The van der Waals surface area contributed by atoms with Crippen LogP contribution in [0.25, 0.3) is 17.4 Å². The number of non-ortho nitro benzene ring substituents is 1. The number of carbonyl (C=O) groups is 1. The van der Waals surface area contributed by atoms with Gasteiger partial charge in [0.05, 0.1) is 17.7 Å². The number of furan rings is 1. The molecule has 0 radical (unpaired) electrons. The lowest BCUT2D eigenvalue weighted by molar-refractivity contribution is -0.384. The van der Waals surface area contributed by atoms with Crippen molar-refractivity contribution in [2.75, 3.05) is 7.11 Å². The van der Waals surface area contributed by atoms with Gasteiger partial charge in [-0.25, -0.2) is 9.79 Å². The van der Waals surface area contributed by atoms with Gasteiger partial charge in [-0.15, -0.1) is 0 Å². The number of benzene rings is 1. The highest BCUT2D eigenvalue weighted by Gasteiger charge is 2.27. The van der Waals surface area contributed by atoms with Gasteiger partial charge in [0.25, 0.3) is 5.69 Å². The summed E-state index contributed by atoms with van der Waals surface area (Å²) < 4.78 is 10.3. The van der Waals surface area contributed by atoms with Gasteiger partial charge in [-0.1, -0.05) is 12.1 Å². The van der Waals surface area contributed by atoms with Crippen LogP contribution in [0.15, 0.2) is 62.8 Å². The molecule has 1 aromatic carbocycles. The van der Waals surface area contributed by atoms with Gasteiger partial charge in [0, 0.05) is 23.8 Å². The number of rotatable bonds is 4. The molecule has 8 heteroatoms. The molecule has 8 nitrogen and oxygen atoms in total. The summed E-state index contributed by atoms with van der Waals surface area (Å²) in [7, 11) is 1.22. The van der Waals surface area contributed by atoms with E-state index in [1.165, 1.54) is 25.3 Å². The highest BCUT2D eigenvalue weighted by atomic mass is 16.6. The molecule has 132 valence electrons. The topological polar surface area (TPSA) is 115 Å². The fraction of sp³-hybridized carbons (Fsp3) is 0.111. The average molecular weight is 354 g/mol. The van der Waals surface area contributed by atoms with E-state index >= 15 is 0 Å². The third-order valence-electron chi connectivity index (χ3n) is 3.77. The quantitative estimate of drug-likeness (QED) is 0.509. The molecule has 0 bridgehead atoms. The summed E-state index contributed by atoms with van der Waals surface area (Å²) in [6, 6.07) is 9.33. The molecule has 1 aliphatic rings. The molecule has 3 rings (SSSR count). The van der Waals surface area contributed by atoms with Gasteiger partial charge < -0.3 is 14.3 Å². The van der Waals surface area contributed by atoms with Gasteiger partial charge in [-0.05, 0) is 19.1 Å². The largest absolute Gasteiger partial charge is 0.505 e. The third kappa shape index (κ3) is 3.12. The van der Waals surface area contributed by atoms with Crippen LogP contribution in [0.2, 0.25) is 0 Å². The van der Waals surface area contributed by atoms with Crippen LogP contribution < -0.4 is 0 Å². The van der Waals surface area contributed by atoms with E-state index < -0.39 is 10.9 Å². The zero-order valence-electron chi connectivity index (χ0n) is 13.9. The fourth-order valence-corrected chi connectivity index (χ4v) is 2.53. The van der Waals surface area contributed by atoms with Crippen molar-refractivity contribution < 1.29 is 24.0 Å². The predicted octanol–water partition coefficient (Wildman–Crippen LogP) is 3.66. The number of methoxy groups -OCH3 is 1. The molecule has 0 spiro atoms. The zero-order valence-corrected chi connectivity index (χ0v) is 13.9. The molecule has 0 atom stereocenters. The average Bonchev–Trinajstić information content (AvgIpc) is 3.19. The maximum atomic E-state index is 11.7. The number of ether oxygens (including phenoxy) is 1. The van der Waals surface area contributed by atoms with Gasteiger partial charge >= 0.3 is 5.97 Å². The lowest BCUT2D eigenvalue weighted by atomic mass is 10.1. The van der Waals surface area contributed by atoms with Crippen LogP contribution in [0, 0.1) is 10.1 Å². The standard InChI is InChI=1S/C18H14N2O6/c1-10-16(18(22)25-2)17(21)14(19-10)9-13-6-7-15(26-13)11-4-3-5-12(8-11)20(23)24/h3-9,21H,1-2H3. The van der Waals surface area contributed by atoms with Crippen molar-refractivity contribution in [3.8, 4) is 11.3 Å². The van der Waals surface area contributed by atoms with Crippen molar-refractivity contribution in [3.63, 3.8) is 0 Å². The number of aliphatic hydroxyl groups is 1. The summed E-state index contributed by atoms with van der Waals surface area (Å²) in [5.41, 5.74) is 1.02. The number of nitrogens with zero attached hydrogens (tertiary/aromatic N) is 2. The summed E-state index contributed by atoms with van der Waals surface area (Å²) >= 11 is 0. The molecular formula is C18H14N2O6. The summed E-state index contributed by atoms with van der Waals surface area (Å²) in [5, 5.41) is 21.1. The first-order valence-electron chi connectivity index (χ1n) is 7.54.